The molecule has 2 N–H and O–H groups in total. The summed E-state index contributed by atoms with van der Waals surface area (Å²) in [6.07, 6.45) is 1.89. The number of rotatable bonds is 7. The van der Waals surface area contributed by atoms with Crippen LogP contribution in [0.4, 0.5) is 9.18 Å². The number of nitrogens with zero attached hydrogens (tertiary/aromatic N) is 2. The first kappa shape index (κ1) is 21.3. The molecular weight excluding hydrogens is 367 g/mol. The number of benzene rings is 2. The van der Waals surface area contributed by atoms with Crippen LogP contribution in [-0.2, 0) is 6.54 Å². The molecule has 1 unspecified atom stereocenters. The Bertz CT molecular complexity index is 775. The molecule has 0 aromatic heterocycles. The number of hydrogen-bond donors (Lipinski definition) is 2. The lowest BCUT2D eigenvalue weighted by molar-refractivity contribution is 0.185. The van der Waals surface area contributed by atoms with Gasteiger partial charge in [0.05, 0.1) is 6.04 Å². The molecule has 0 aliphatic carbocycles. The molecule has 3 rings (SSSR count). The zero-order chi connectivity index (χ0) is 20.6. The molecule has 2 amide bonds. The summed E-state index contributed by atoms with van der Waals surface area (Å²) < 4.78 is 13.5. The minimum absolute atomic E-state index is 0.0795. The molecule has 0 spiro atoms. The van der Waals surface area contributed by atoms with E-state index in [2.05, 4.69) is 39.8 Å². The highest BCUT2D eigenvalue weighted by molar-refractivity contribution is 5.74. The third-order valence-electron chi connectivity index (χ3n) is 5.48. The van der Waals surface area contributed by atoms with Crippen molar-refractivity contribution in [3.05, 3.63) is 71.5 Å². The Balaban J connectivity index is 1.42. The number of carbonyl (C=O) groups excluding carboxylic acids is 1. The summed E-state index contributed by atoms with van der Waals surface area (Å²) in [4.78, 5) is 16.8. The molecule has 5 nitrogen and oxygen atoms in total. The van der Waals surface area contributed by atoms with E-state index in [9.17, 15) is 9.18 Å². The van der Waals surface area contributed by atoms with Crippen molar-refractivity contribution in [2.75, 3.05) is 33.7 Å². The molecule has 1 fully saturated rings. The van der Waals surface area contributed by atoms with Crippen molar-refractivity contribution in [2.45, 2.75) is 31.5 Å². The van der Waals surface area contributed by atoms with Crippen molar-refractivity contribution in [2.24, 2.45) is 0 Å². The second-order valence-corrected chi connectivity index (χ2v) is 7.92. The van der Waals surface area contributed by atoms with Gasteiger partial charge in [-0.2, -0.15) is 0 Å². The third kappa shape index (κ3) is 6.54. The van der Waals surface area contributed by atoms with Crippen LogP contribution in [0, 0.1) is 5.82 Å². The lowest BCUT2D eigenvalue weighted by Crippen LogP contribution is -2.48. The molecule has 1 aliphatic heterocycles. The molecule has 1 heterocycles. The number of urea groups is 1. The number of halogens is 1. The Morgan fingerprint density at radius 2 is 1.86 bits per heavy atom. The van der Waals surface area contributed by atoms with Gasteiger partial charge < -0.3 is 15.5 Å². The first-order valence-electron chi connectivity index (χ1n) is 10.2. The molecule has 6 heteroatoms. The predicted molar refractivity (Wildman–Crippen MR) is 114 cm³/mol. The molecule has 0 radical (unpaired) electrons. The molecule has 0 bridgehead atoms. The largest absolute Gasteiger partial charge is 0.336 e. The Kier molecular flexibility index (Phi) is 7.61. The standard InChI is InChI=1S/C23H31FN4O/c1-27(2)22(19-9-6-10-20(24)15-19)16-25-23(29)26-21-11-13-28(14-12-21)17-18-7-4-3-5-8-18/h3-10,15,21-22H,11-14,16-17H2,1-2H3,(H2,25,26,29). The molecule has 1 aliphatic rings. The van der Waals surface area contributed by atoms with Gasteiger partial charge in [-0.25, -0.2) is 9.18 Å². The normalized spacial score (nSPS) is 16.6. The number of amides is 2. The predicted octanol–water partition coefficient (Wildman–Crippen LogP) is 3.39. The number of likely N-dealkylation sites (N-methyl/N-ethyl adjacent to an activating group) is 1. The quantitative estimate of drug-likeness (QED) is 0.752. The topological polar surface area (TPSA) is 47.6 Å². The van der Waals surface area contributed by atoms with E-state index < -0.39 is 0 Å². The fourth-order valence-corrected chi connectivity index (χ4v) is 3.82. The van der Waals surface area contributed by atoms with Crippen LogP contribution in [0.3, 0.4) is 0 Å². The van der Waals surface area contributed by atoms with Gasteiger partial charge in [0.25, 0.3) is 0 Å². The van der Waals surface area contributed by atoms with Gasteiger partial charge in [-0.3, -0.25) is 4.90 Å². The summed E-state index contributed by atoms with van der Waals surface area (Å²) in [5.41, 5.74) is 2.17. The lowest BCUT2D eigenvalue weighted by atomic mass is 10.0. The highest BCUT2D eigenvalue weighted by Gasteiger charge is 2.21. The number of carbonyl (C=O) groups is 1. The van der Waals surface area contributed by atoms with E-state index in [0.717, 1.165) is 38.0 Å². The van der Waals surface area contributed by atoms with E-state index >= 15 is 0 Å². The van der Waals surface area contributed by atoms with Crippen LogP contribution >= 0.6 is 0 Å². The maximum atomic E-state index is 13.5. The van der Waals surface area contributed by atoms with Crippen LogP contribution in [-0.4, -0.2) is 55.6 Å². The minimum atomic E-state index is -0.263. The number of hydrogen-bond acceptors (Lipinski definition) is 3. The van der Waals surface area contributed by atoms with Crippen LogP contribution in [0.5, 0.6) is 0 Å². The van der Waals surface area contributed by atoms with Gasteiger partial charge in [0.1, 0.15) is 5.82 Å². The highest BCUT2D eigenvalue weighted by Crippen LogP contribution is 2.18. The third-order valence-corrected chi connectivity index (χ3v) is 5.48. The van der Waals surface area contributed by atoms with E-state index in [-0.39, 0.29) is 23.9 Å². The SMILES string of the molecule is CN(C)C(CNC(=O)NC1CCN(Cc2ccccc2)CC1)c1cccc(F)c1. The monoisotopic (exact) mass is 398 g/mol. The Labute approximate surface area is 172 Å². The van der Waals surface area contributed by atoms with Crippen molar-refractivity contribution >= 4 is 6.03 Å². The van der Waals surface area contributed by atoms with Crippen LogP contribution < -0.4 is 10.6 Å². The number of piperidine rings is 1. The summed E-state index contributed by atoms with van der Waals surface area (Å²) in [6.45, 7) is 3.33. The Morgan fingerprint density at radius 1 is 1.14 bits per heavy atom. The first-order valence-corrected chi connectivity index (χ1v) is 10.2. The fraction of sp³-hybridized carbons (Fsp3) is 0.435. The van der Waals surface area contributed by atoms with E-state index in [0.29, 0.717) is 6.54 Å². The second kappa shape index (κ2) is 10.4. The van der Waals surface area contributed by atoms with Crippen LogP contribution in [0.2, 0.25) is 0 Å². The summed E-state index contributed by atoms with van der Waals surface area (Å²) >= 11 is 0. The molecule has 1 atom stereocenters. The zero-order valence-corrected chi connectivity index (χ0v) is 17.3. The maximum Gasteiger partial charge on any atom is 0.315 e. The van der Waals surface area contributed by atoms with E-state index in [1.54, 1.807) is 6.07 Å². The molecule has 29 heavy (non-hydrogen) atoms. The summed E-state index contributed by atoms with van der Waals surface area (Å²) in [7, 11) is 3.86. The second-order valence-electron chi connectivity index (χ2n) is 7.92. The molecular formula is C23H31FN4O. The van der Waals surface area contributed by atoms with Gasteiger partial charge in [-0.15, -0.1) is 0 Å². The average Bonchev–Trinajstić information content (AvgIpc) is 2.70. The van der Waals surface area contributed by atoms with Gasteiger partial charge in [0.15, 0.2) is 0 Å². The van der Waals surface area contributed by atoms with Crippen LogP contribution in [0.25, 0.3) is 0 Å². The van der Waals surface area contributed by atoms with Gasteiger partial charge in [0, 0.05) is 32.2 Å². The molecule has 2 aromatic carbocycles. The van der Waals surface area contributed by atoms with Crippen LogP contribution in [0.1, 0.15) is 30.0 Å². The van der Waals surface area contributed by atoms with E-state index in [1.807, 2.05) is 31.1 Å². The highest BCUT2D eigenvalue weighted by atomic mass is 19.1. The molecule has 0 saturated carbocycles. The summed E-state index contributed by atoms with van der Waals surface area (Å²) in [6, 6.07) is 17.0. The minimum Gasteiger partial charge on any atom is -0.336 e. The smallest absolute Gasteiger partial charge is 0.315 e. The zero-order valence-electron chi connectivity index (χ0n) is 17.3. The van der Waals surface area contributed by atoms with Crippen molar-refractivity contribution in [3.8, 4) is 0 Å². The number of likely N-dealkylation sites (tertiary alicyclic amines) is 1. The Hall–Kier alpha value is -2.44. The van der Waals surface area contributed by atoms with Crippen molar-refractivity contribution in [1.29, 1.82) is 0 Å². The molecule has 1 saturated heterocycles. The first-order chi connectivity index (χ1) is 14.0. The van der Waals surface area contributed by atoms with Gasteiger partial charge in [-0.05, 0) is 50.2 Å². The molecule has 2 aromatic rings. The van der Waals surface area contributed by atoms with Crippen molar-refractivity contribution in [1.82, 2.24) is 20.4 Å². The summed E-state index contributed by atoms with van der Waals surface area (Å²) in [5, 5.41) is 6.04. The van der Waals surface area contributed by atoms with E-state index in [4.69, 9.17) is 0 Å². The van der Waals surface area contributed by atoms with Crippen LogP contribution in [0.15, 0.2) is 54.6 Å². The van der Waals surface area contributed by atoms with Crippen molar-refractivity contribution < 1.29 is 9.18 Å². The van der Waals surface area contributed by atoms with Gasteiger partial charge >= 0.3 is 6.03 Å². The van der Waals surface area contributed by atoms with Gasteiger partial charge in [-0.1, -0.05) is 42.5 Å². The Morgan fingerprint density at radius 3 is 2.52 bits per heavy atom. The van der Waals surface area contributed by atoms with E-state index in [1.165, 1.54) is 17.7 Å². The van der Waals surface area contributed by atoms with Crippen molar-refractivity contribution in [3.63, 3.8) is 0 Å². The molecule has 156 valence electrons. The van der Waals surface area contributed by atoms with Gasteiger partial charge in [0.2, 0.25) is 0 Å². The maximum absolute atomic E-state index is 13.5. The lowest BCUT2D eigenvalue weighted by Gasteiger charge is -2.32. The number of nitrogens with one attached hydrogen (secondary N) is 2. The summed E-state index contributed by atoms with van der Waals surface area (Å²) in [5.74, 6) is -0.263. The fourth-order valence-electron chi connectivity index (χ4n) is 3.82. The average molecular weight is 399 g/mol.